The predicted octanol–water partition coefficient (Wildman–Crippen LogP) is 2.70. The van der Waals surface area contributed by atoms with Crippen LogP contribution >= 0.6 is 27.3 Å². The molecule has 2 fully saturated rings. The van der Waals surface area contributed by atoms with E-state index in [0.717, 1.165) is 10.8 Å². The molecule has 2 aliphatic carbocycles. The van der Waals surface area contributed by atoms with Crippen LogP contribution in [0.3, 0.4) is 0 Å². The fourth-order valence-electron chi connectivity index (χ4n) is 2.74. The van der Waals surface area contributed by atoms with Crippen molar-refractivity contribution in [3.05, 3.63) is 14.7 Å². The molecule has 112 valence electrons. The lowest BCUT2D eigenvalue weighted by Gasteiger charge is -2.14. The van der Waals surface area contributed by atoms with Crippen molar-refractivity contribution in [3.63, 3.8) is 0 Å². The minimum absolute atomic E-state index is 0.281. The van der Waals surface area contributed by atoms with Gasteiger partial charge in [-0.05, 0) is 66.1 Å². The van der Waals surface area contributed by atoms with Crippen molar-refractivity contribution in [2.24, 2.45) is 11.3 Å². The number of thiophene rings is 1. The summed E-state index contributed by atoms with van der Waals surface area (Å²) in [7, 11) is -1.55. The average molecular weight is 379 g/mol. The molecule has 1 heterocycles. The molecule has 0 saturated heterocycles. The van der Waals surface area contributed by atoms with Gasteiger partial charge in [0.2, 0.25) is 10.0 Å². The molecule has 3 rings (SSSR count). The Balaban J connectivity index is 1.71. The second kappa shape index (κ2) is 5.35. The lowest BCUT2D eigenvalue weighted by atomic mass is 10.0. The monoisotopic (exact) mass is 378 g/mol. The van der Waals surface area contributed by atoms with Crippen LogP contribution in [0.15, 0.2) is 14.7 Å². The smallest absolute Gasteiger partial charge is 0.242 e. The SMILES string of the molecule is CNCc1cc(S(=O)(=O)NCC2(C3CC3)CC2)c(Br)s1. The molecule has 2 saturated carbocycles. The standard InChI is InChI=1S/C13H19BrN2O2S2/c1-15-7-10-6-11(12(14)19-10)20(17,18)16-8-13(4-5-13)9-2-3-9/h6,9,15-16H,2-5,7-8H2,1H3. The molecule has 2 N–H and O–H groups in total. The van der Waals surface area contributed by atoms with Gasteiger partial charge in [-0.3, -0.25) is 0 Å². The van der Waals surface area contributed by atoms with Gasteiger partial charge in [-0.2, -0.15) is 0 Å². The van der Waals surface area contributed by atoms with Gasteiger partial charge in [0.15, 0.2) is 0 Å². The maximum atomic E-state index is 12.4. The van der Waals surface area contributed by atoms with Crippen LogP contribution in [0.1, 0.15) is 30.6 Å². The number of hydrogen-bond acceptors (Lipinski definition) is 4. The van der Waals surface area contributed by atoms with E-state index >= 15 is 0 Å². The Bertz CT molecular complexity index is 604. The Morgan fingerprint density at radius 1 is 1.45 bits per heavy atom. The van der Waals surface area contributed by atoms with Gasteiger partial charge in [0.05, 0.1) is 3.79 Å². The van der Waals surface area contributed by atoms with Gasteiger partial charge in [-0.1, -0.05) is 0 Å². The highest BCUT2D eigenvalue weighted by molar-refractivity contribution is 9.11. The Morgan fingerprint density at radius 3 is 2.70 bits per heavy atom. The van der Waals surface area contributed by atoms with Gasteiger partial charge in [0, 0.05) is 18.0 Å². The summed E-state index contributed by atoms with van der Waals surface area (Å²) < 4.78 is 28.4. The van der Waals surface area contributed by atoms with Crippen LogP contribution in [0.5, 0.6) is 0 Å². The zero-order chi connectivity index (χ0) is 14.4. The van der Waals surface area contributed by atoms with E-state index in [4.69, 9.17) is 0 Å². The van der Waals surface area contributed by atoms with Gasteiger partial charge in [0.25, 0.3) is 0 Å². The van der Waals surface area contributed by atoms with Crippen LogP contribution in [-0.2, 0) is 16.6 Å². The summed E-state index contributed by atoms with van der Waals surface area (Å²) >= 11 is 4.84. The predicted molar refractivity (Wildman–Crippen MR) is 84.4 cm³/mol. The fourth-order valence-corrected chi connectivity index (χ4v) is 6.58. The molecule has 2 aliphatic rings. The molecule has 0 bridgehead atoms. The first kappa shape index (κ1) is 15.0. The molecule has 7 heteroatoms. The Labute approximate surface area is 132 Å². The highest BCUT2D eigenvalue weighted by Crippen LogP contribution is 2.60. The number of sulfonamides is 1. The maximum Gasteiger partial charge on any atom is 0.242 e. The van der Waals surface area contributed by atoms with Crippen LogP contribution in [0.25, 0.3) is 0 Å². The third kappa shape index (κ3) is 2.97. The van der Waals surface area contributed by atoms with Crippen molar-refractivity contribution in [1.82, 2.24) is 10.0 Å². The molecule has 0 unspecified atom stereocenters. The Kier molecular flexibility index (Phi) is 4.01. The molecule has 0 aliphatic heterocycles. The lowest BCUT2D eigenvalue weighted by Crippen LogP contribution is -2.31. The quantitative estimate of drug-likeness (QED) is 0.766. The van der Waals surface area contributed by atoms with E-state index in [-0.39, 0.29) is 5.41 Å². The summed E-state index contributed by atoms with van der Waals surface area (Å²) in [5, 5.41) is 3.04. The lowest BCUT2D eigenvalue weighted by molar-refractivity contribution is 0.432. The van der Waals surface area contributed by atoms with Crippen LogP contribution in [0, 0.1) is 11.3 Å². The van der Waals surface area contributed by atoms with Gasteiger partial charge in [-0.15, -0.1) is 11.3 Å². The molecular formula is C13H19BrN2O2S2. The highest BCUT2D eigenvalue weighted by atomic mass is 79.9. The average Bonchev–Trinajstić information content (AvgIpc) is 3.26. The summed E-state index contributed by atoms with van der Waals surface area (Å²) in [6.45, 7) is 1.29. The van der Waals surface area contributed by atoms with Crippen LogP contribution in [-0.4, -0.2) is 22.0 Å². The van der Waals surface area contributed by atoms with Crippen molar-refractivity contribution in [3.8, 4) is 0 Å². The molecule has 0 aromatic carbocycles. The van der Waals surface area contributed by atoms with Crippen molar-refractivity contribution in [1.29, 1.82) is 0 Å². The number of hydrogen-bond donors (Lipinski definition) is 2. The molecule has 0 amide bonds. The normalized spacial score (nSPS) is 21.1. The van der Waals surface area contributed by atoms with E-state index in [2.05, 4.69) is 26.0 Å². The molecule has 0 atom stereocenters. The second-order valence-corrected chi connectivity index (χ2v) is 10.0. The van der Waals surface area contributed by atoms with Gasteiger partial charge in [-0.25, -0.2) is 13.1 Å². The van der Waals surface area contributed by atoms with E-state index < -0.39 is 10.0 Å². The molecule has 4 nitrogen and oxygen atoms in total. The maximum absolute atomic E-state index is 12.4. The van der Waals surface area contributed by atoms with E-state index in [1.54, 1.807) is 6.07 Å². The second-order valence-electron chi connectivity index (χ2n) is 5.84. The molecule has 1 aromatic heterocycles. The molecule has 0 spiro atoms. The summed E-state index contributed by atoms with van der Waals surface area (Å²) in [4.78, 5) is 1.39. The first-order valence-electron chi connectivity index (χ1n) is 6.89. The fraction of sp³-hybridized carbons (Fsp3) is 0.692. The number of halogens is 1. The molecule has 0 radical (unpaired) electrons. The van der Waals surface area contributed by atoms with Crippen LogP contribution in [0.2, 0.25) is 0 Å². The van der Waals surface area contributed by atoms with E-state index in [9.17, 15) is 8.42 Å². The minimum atomic E-state index is -3.40. The highest BCUT2D eigenvalue weighted by Gasteiger charge is 2.53. The first-order chi connectivity index (χ1) is 9.47. The number of rotatable bonds is 7. The van der Waals surface area contributed by atoms with Crippen molar-refractivity contribution >= 4 is 37.3 Å². The summed E-state index contributed by atoms with van der Waals surface area (Å²) in [5.41, 5.74) is 0.281. The largest absolute Gasteiger partial charge is 0.315 e. The summed E-state index contributed by atoms with van der Waals surface area (Å²) in [5.74, 6) is 0.760. The summed E-state index contributed by atoms with van der Waals surface area (Å²) in [6.07, 6.45) is 4.90. The molecule has 20 heavy (non-hydrogen) atoms. The van der Waals surface area contributed by atoms with Crippen molar-refractivity contribution < 1.29 is 8.42 Å². The third-order valence-electron chi connectivity index (χ3n) is 4.30. The van der Waals surface area contributed by atoms with Crippen molar-refractivity contribution in [2.45, 2.75) is 37.1 Å². The molecule has 1 aromatic rings. The zero-order valence-corrected chi connectivity index (χ0v) is 14.6. The van der Waals surface area contributed by atoms with E-state index in [1.807, 2.05) is 7.05 Å². The van der Waals surface area contributed by atoms with E-state index in [1.165, 1.54) is 37.0 Å². The zero-order valence-electron chi connectivity index (χ0n) is 11.4. The van der Waals surface area contributed by atoms with Crippen LogP contribution in [0.4, 0.5) is 0 Å². The Morgan fingerprint density at radius 2 is 2.15 bits per heavy atom. The number of nitrogens with one attached hydrogen (secondary N) is 2. The van der Waals surface area contributed by atoms with E-state index in [0.29, 0.717) is 21.8 Å². The third-order valence-corrected chi connectivity index (χ3v) is 7.95. The topological polar surface area (TPSA) is 58.2 Å². The van der Waals surface area contributed by atoms with Gasteiger partial charge in [0.1, 0.15) is 4.90 Å². The first-order valence-corrected chi connectivity index (χ1v) is 9.99. The summed E-state index contributed by atoms with van der Waals surface area (Å²) in [6, 6.07) is 1.75. The molecular weight excluding hydrogens is 360 g/mol. The Hall–Kier alpha value is 0.0500. The van der Waals surface area contributed by atoms with Crippen LogP contribution < -0.4 is 10.0 Å². The minimum Gasteiger partial charge on any atom is -0.315 e. The van der Waals surface area contributed by atoms with Gasteiger partial charge >= 0.3 is 0 Å². The van der Waals surface area contributed by atoms with Gasteiger partial charge < -0.3 is 5.32 Å². The van der Waals surface area contributed by atoms with Crippen molar-refractivity contribution in [2.75, 3.05) is 13.6 Å².